The highest BCUT2D eigenvalue weighted by molar-refractivity contribution is 7.99. The van der Waals surface area contributed by atoms with Crippen LogP contribution in [0.2, 0.25) is 5.02 Å². The molecule has 0 unspecified atom stereocenters. The van der Waals surface area contributed by atoms with Crippen LogP contribution < -0.4 is 0 Å². The summed E-state index contributed by atoms with van der Waals surface area (Å²) >= 11 is 7.17. The lowest BCUT2D eigenvalue weighted by Gasteiger charge is -2.06. The normalized spacial score (nSPS) is 10.1. The van der Waals surface area contributed by atoms with Crippen LogP contribution in [0, 0.1) is 18.3 Å². The Kier molecular flexibility index (Phi) is 4.33. The Bertz CT molecular complexity index is 722. The monoisotopic (exact) mass is 303 g/mol. The number of aryl methyl sites for hydroxylation is 1. The standard InChI is InChI=1S/C15H10ClNO2S/c1-9-2-5-14(10(6-9)8-17)20-11-3-4-13(16)12(7-11)15(18)19/h2-7H,1H3,(H,18,19). The first-order valence-electron chi connectivity index (χ1n) is 5.72. The lowest BCUT2D eigenvalue weighted by molar-refractivity contribution is 0.0697. The van der Waals surface area contributed by atoms with Crippen LogP contribution in [0.4, 0.5) is 0 Å². The molecule has 0 saturated carbocycles. The molecule has 0 radical (unpaired) electrons. The van der Waals surface area contributed by atoms with Crippen LogP contribution in [0.15, 0.2) is 46.2 Å². The van der Waals surface area contributed by atoms with Gasteiger partial charge in [-0.15, -0.1) is 0 Å². The third-order valence-corrected chi connectivity index (χ3v) is 4.05. The molecule has 3 nitrogen and oxygen atoms in total. The van der Waals surface area contributed by atoms with Crippen molar-refractivity contribution in [2.24, 2.45) is 0 Å². The number of carboxylic acid groups (broad SMARTS) is 1. The minimum Gasteiger partial charge on any atom is -0.478 e. The Balaban J connectivity index is 2.38. The van der Waals surface area contributed by atoms with E-state index in [-0.39, 0.29) is 10.6 Å². The molecule has 0 aliphatic rings. The van der Waals surface area contributed by atoms with Gasteiger partial charge in [-0.05, 0) is 42.8 Å². The van der Waals surface area contributed by atoms with Gasteiger partial charge >= 0.3 is 5.97 Å². The van der Waals surface area contributed by atoms with Crippen LogP contribution in [0.5, 0.6) is 0 Å². The van der Waals surface area contributed by atoms with Crippen LogP contribution in [0.3, 0.4) is 0 Å². The molecule has 1 N–H and O–H groups in total. The van der Waals surface area contributed by atoms with Crippen molar-refractivity contribution in [2.45, 2.75) is 16.7 Å². The van der Waals surface area contributed by atoms with Gasteiger partial charge in [0.1, 0.15) is 6.07 Å². The maximum absolute atomic E-state index is 11.0. The Morgan fingerprint density at radius 3 is 2.70 bits per heavy atom. The van der Waals surface area contributed by atoms with Gasteiger partial charge < -0.3 is 5.11 Å². The summed E-state index contributed by atoms with van der Waals surface area (Å²) in [6.45, 7) is 1.92. The molecule has 0 aromatic heterocycles. The average molecular weight is 304 g/mol. The number of halogens is 1. The smallest absolute Gasteiger partial charge is 0.337 e. The molecule has 2 aromatic carbocycles. The summed E-state index contributed by atoms with van der Waals surface area (Å²) in [4.78, 5) is 12.6. The van der Waals surface area contributed by atoms with E-state index in [1.165, 1.54) is 17.8 Å². The van der Waals surface area contributed by atoms with Crippen molar-refractivity contribution in [3.63, 3.8) is 0 Å². The van der Waals surface area contributed by atoms with E-state index < -0.39 is 5.97 Å². The van der Waals surface area contributed by atoms with Crippen molar-refractivity contribution in [3.8, 4) is 6.07 Å². The summed E-state index contributed by atoms with van der Waals surface area (Å²) < 4.78 is 0. The van der Waals surface area contributed by atoms with E-state index in [4.69, 9.17) is 22.0 Å². The molecule has 2 rings (SSSR count). The van der Waals surface area contributed by atoms with Gasteiger partial charge in [-0.3, -0.25) is 0 Å². The molecule has 0 aliphatic carbocycles. The number of rotatable bonds is 3. The fourth-order valence-corrected chi connectivity index (χ4v) is 2.79. The Labute approximate surface area is 125 Å². The summed E-state index contributed by atoms with van der Waals surface area (Å²) in [5.41, 5.74) is 1.64. The van der Waals surface area contributed by atoms with Gasteiger partial charge in [0.2, 0.25) is 0 Å². The fraction of sp³-hybridized carbons (Fsp3) is 0.0667. The van der Waals surface area contributed by atoms with Gasteiger partial charge in [0.15, 0.2) is 0 Å². The van der Waals surface area contributed by atoms with E-state index >= 15 is 0 Å². The molecule has 2 aromatic rings. The van der Waals surface area contributed by atoms with Crippen LogP contribution in [0.1, 0.15) is 21.5 Å². The minimum atomic E-state index is -1.07. The molecule has 0 heterocycles. The zero-order valence-corrected chi connectivity index (χ0v) is 12.1. The number of hydrogen-bond donors (Lipinski definition) is 1. The number of aromatic carboxylic acids is 1. The van der Waals surface area contributed by atoms with E-state index in [1.807, 2.05) is 19.1 Å². The molecule has 100 valence electrons. The molecule has 0 spiro atoms. The zero-order valence-electron chi connectivity index (χ0n) is 10.6. The van der Waals surface area contributed by atoms with Gasteiger partial charge in [0.25, 0.3) is 0 Å². The Morgan fingerprint density at radius 1 is 1.30 bits per heavy atom. The number of nitrogens with zero attached hydrogens (tertiary/aromatic N) is 1. The quantitative estimate of drug-likeness (QED) is 0.914. The summed E-state index contributed by atoms with van der Waals surface area (Å²) in [7, 11) is 0. The second kappa shape index (κ2) is 6.00. The van der Waals surface area contributed by atoms with Gasteiger partial charge in [-0.2, -0.15) is 5.26 Å². The first-order valence-corrected chi connectivity index (χ1v) is 6.92. The predicted octanol–water partition coefficient (Wildman–Crippen LogP) is 4.37. The second-order valence-corrected chi connectivity index (χ2v) is 5.68. The molecule has 0 bridgehead atoms. The third kappa shape index (κ3) is 3.13. The number of carboxylic acids is 1. The second-order valence-electron chi connectivity index (χ2n) is 4.16. The van der Waals surface area contributed by atoms with Crippen molar-refractivity contribution >= 4 is 29.3 Å². The van der Waals surface area contributed by atoms with E-state index in [0.29, 0.717) is 5.56 Å². The molecule has 5 heteroatoms. The van der Waals surface area contributed by atoms with E-state index in [0.717, 1.165) is 15.4 Å². The average Bonchev–Trinajstić information content (AvgIpc) is 2.42. The van der Waals surface area contributed by atoms with Crippen LogP contribution in [0.25, 0.3) is 0 Å². The van der Waals surface area contributed by atoms with Crippen molar-refractivity contribution in [1.82, 2.24) is 0 Å². The SMILES string of the molecule is Cc1ccc(Sc2ccc(Cl)c(C(=O)O)c2)c(C#N)c1. The van der Waals surface area contributed by atoms with E-state index in [1.54, 1.807) is 18.2 Å². The van der Waals surface area contributed by atoms with Gasteiger partial charge in [-0.1, -0.05) is 29.4 Å². The summed E-state index contributed by atoms with van der Waals surface area (Å²) in [5, 5.41) is 18.4. The molecule has 0 amide bonds. The van der Waals surface area contributed by atoms with Crippen molar-refractivity contribution in [3.05, 3.63) is 58.1 Å². The van der Waals surface area contributed by atoms with Gasteiger partial charge in [0.05, 0.1) is 16.1 Å². The topological polar surface area (TPSA) is 61.1 Å². The molecular weight excluding hydrogens is 294 g/mol. The van der Waals surface area contributed by atoms with Gasteiger partial charge in [-0.25, -0.2) is 4.79 Å². The molecule has 20 heavy (non-hydrogen) atoms. The van der Waals surface area contributed by atoms with Gasteiger partial charge in [0, 0.05) is 9.79 Å². The molecular formula is C15H10ClNO2S. The highest BCUT2D eigenvalue weighted by Crippen LogP contribution is 2.32. The maximum Gasteiger partial charge on any atom is 0.337 e. The number of nitriles is 1. The summed E-state index contributed by atoms with van der Waals surface area (Å²) in [5.74, 6) is -1.07. The molecule has 0 saturated heterocycles. The highest BCUT2D eigenvalue weighted by atomic mass is 35.5. The van der Waals surface area contributed by atoms with Crippen molar-refractivity contribution < 1.29 is 9.90 Å². The Hall–Kier alpha value is -1.96. The highest BCUT2D eigenvalue weighted by Gasteiger charge is 2.11. The number of hydrogen-bond acceptors (Lipinski definition) is 3. The Morgan fingerprint density at radius 2 is 2.05 bits per heavy atom. The number of benzene rings is 2. The van der Waals surface area contributed by atoms with Crippen LogP contribution in [-0.2, 0) is 0 Å². The summed E-state index contributed by atoms with van der Waals surface area (Å²) in [6, 6.07) is 12.5. The molecule has 0 aliphatic heterocycles. The lowest BCUT2D eigenvalue weighted by atomic mass is 10.2. The van der Waals surface area contributed by atoms with Crippen molar-refractivity contribution in [2.75, 3.05) is 0 Å². The van der Waals surface area contributed by atoms with Crippen LogP contribution >= 0.6 is 23.4 Å². The van der Waals surface area contributed by atoms with E-state index in [9.17, 15) is 4.79 Å². The van der Waals surface area contributed by atoms with Crippen molar-refractivity contribution in [1.29, 1.82) is 5.26 Å². The van der Waals surface area contributed by atoms with Crippen LogP contribution in [-0.4, -0.2) is 11.1 Å². The minimum absolute atomic E-state index is 0.0577. The first-order chi connectivity index (χ1) is 9.51. The van der Waals surface area contributed by atoms with E-state index in [2.05, 4.69) is 6.07 Å². The lowest BCUT2D eigenvalue weighted by Crippen LogP contribution is -1.97. The molecule has 0 fully saturated rings. The first kappa shape index (κ1) is 14.4. The molecule has 0 atom stereocenters. The fourth-order valence-electron chi connectivity index (χ4n) is 1.68. The predicted molar refractivity (Wildman–Crippen MR) is 78.4 cm³/mol. The largest absolute Gasteiger partial charge is 0.478 e. The maximum atomic E-state index is 11.0. The third-order valence-electron chi connectivity index (χ3n) is 2.65. The number of carbonyl (C=O) groups is 1. The summed E-state index contributed by atoms with van der Waals surface area (Å²) in [6.07, 6.45) is 0. The zero-order chi connectivity index (χ0) is 14.7.